The van der Waals surface area contributed by atoms with Crippen molar-refractivity contribution in [2.24, 2.45) is 11.3 Å². The molecule has 0 saturated heterocycles. The molecule has 0 N–H and O–H groups in total. The summed E-state index contributed by atoms with van der Waals surface area (Å²) in [6, 6.07) is 11.5. The zero-order valence-electron chi connectivity index (χ0n) is 10.5. The predicted molar refractivity (Wildman–Crippen MR) is 75.2 cm³/mol. The summed E-state index contributed by atoms with van der Waals surface area (Å²) in [5.74, 6) is 0.426. The van der Waals surface area contributed by atoms with Crippen LogP contribution in [-0.2, 0) is 0 Å². The number of hydrogen-bond donors (Lipinski definition) is 0. The van der Waals surface area contributed by atoms with Crippen molar-refractivity contribution in [2.45, 2.75) is 20.3 Å². The quantitative estimate of drug-likeness (QED) is 0.712. The summed E-state index contributed by atoms with van der Waals surface area (Å²) in [5, 5.41) is 2.64. The second-order valence-electron chi connectivity index (χ2n) is 5.75. The van der Waals surface area contributed by atoms with E-state index in [9.17, 15) is 4.79 Å². The number of Topliss-reactive ketones (excluding diaryl/α,β-unsaturated/α-hetero) is 1. The number of halogens is 1. The van der Waals surface area contributed by atoms with E-state index in [1.807, 2.05) is 36.4 Å². The minimum absolute atomic E-state index is 0.165. The summed E-state index contributed by atoms with van der Waals surface area (Å²) in [6.07, 6.45) is 0.989. The molecule has 1 saturated carbocycles. The van der Waals surface area contributed by atoms with E-state index in [1.54, 1.807) is 0 Å². The van der Waals surface area contributed by atoms with E-state index in [0.29, 0.717) is 5.02 Å². The molecule has 2 aromatic rings. The molecule has 1 atom stereocenters. The van der Waals surface area contributed by atoms with Gasteiger partial charge in [0.1, 0.15) is 0 Å². The first-order chi connectivity index (χ1) is 8.50. The maximum Gasteiger partial charge on any atom is 0.167 e. The molecule has 3 rings (SSSR count). The zero-order valence-corrected chi connectivity index (χ0v) is 11.3. The fraction of sp³-hybridized carbons (Fsp3) is 0.312. The van der Waals surface area contributed by atoms with Crippen LogP contribution in [0, 0.1) is 11.3 Å². The Bertz CT molecular complexity index is 643. The first-order valence-electron chi connectivity index (χ1n) is 6.22. The van der Waals surface area contributed by atoms with E-state index >= 15 is 0 Å². The molecule has 92 valence electrons. The molecule has 2 aromatic carbocycles. The van der Waals surface area contributed by atoms with Gasteiger partial charge in [0.15, 0.2) is 5.78 Å². The van der Waals surface area contributed by atoms with Gasteiger partial charge in [0.05, 0.1) is 0 Å². The van der Waals surface area contributed by atoms with Gasteiger partial charge in [0.2, 0.25) is 0 Å². The van der Waals surface area contributed by atoms with Gasteiger partial charge in [-0.1, -0.05) is 49.7 Å². The minimum atomic E-state index is 0.165. The van der Waals surface area contributed by atoms with E-state index in [-0.39, 0.29) is 17.1 Å². The lowest BCUT2D eigenvalue weighted by Crippen LogP contribution is -2.07. The van der Waals surface area contributed by atoms with Crippen LogP contribution in [-0.4, -0.2) is 5.78 Å². The van der Waals surface area contributed by atoms with Crippen molar-refractivity contribution in [1.82, 2.24) is 0 Å². The van der Waals surface area contributed by atoms with Crippen molar-refractivity contribution in [1.29, 1.82) is 0 Å². The lowest BCUT2D eigenvalue weighted by Gasteiger charge is -2.08. The number of fused-ring (bicyclic) bond motifs is 1. The summed E-state index contributed by atoms with van der Waals surface area (Å²) >= 11 is 6.17. The van der Waals surface area contributed by atoms with Crippen LogP contribution in [0.25, 0.3) is 10.8 Å². The molecule has 1 aliphatic carbocycles. The molecule has 1 aliphatic rings. The van der Waals surface area contributed by atoms with Gasteiger partial charge in [0, 0.05) is 21.9 Å². The third kappa shape index (κ3) is 1.74. The van der Waals surface area contributed by atoms with E-state index in [2.05, 4.69) is 13.8 Å². The molecule has 0 heterocycles. The largest absolute Gasteiger partial charge is 0.294 e. The Morgan fingerprint density at radius 1 is 1.17 bits per heavy atom. The molecular formula is C16H15ClO. The first-order valence-corrected chi connectivity index (χ1v) is 6.60. The highest BCUT2D eigenvalue weighted by atomic mass is 35.5. The SMILES string of the molecule is CC1(C)CC1C(=O)c1ccc(Cl)c2ccccc12. The van der Waals surface area contributed by atoms with Crippen LogP contribution in [0.4, 0.5) is 0 Å². The number of carbonyl (C=O) groups is 1. The summed E-state index contributed by atoms with van der Waals surface area (Å²) < 4.78 is 0. The number of hydrogen-bond acceptors (Lipinski definition) is 1. The molecule has 0 radical (unpaired) electrons. The van der Waals surface area contributed by atoms with Crippen LogP contribution in [0.5, 0.6) is 0 Å². The molecule has 0 amide bonds. The maximum absolute atomic E-state index is 12.5. The highest BCUT2D eigenvalue weighted by Gasteiger charge is 2.50. The zero-order chi connectivity index (χ0) is 12.9. The van der Waals surface area contributed by atoms with Crippen molar-refractivity contribution < 1.29 is 4.79 Å². The predicted octanol–water partition coefficient (Wildman–Crippen LogP) is 4.72. The summed E-state index contributed by atoms with van der Waals surface area (Å²) in [6.45, 7) is 4.29. The number of rotatable bonds is 2. The van der Waals surface area contributed by atoms with E-state index in [0.717, 1.165) is 22.8 Å². The molecule has 1 nitrogen and oxygen atoms in total. The monoisotopic (exact) mass is 258 g/mol. The average Bonchev–Trinajstić information content (AvgIpc) is 2.99. The highest BCUT2D eigenvalue weighted by molar-refractivity contribution is 6.36. The topological polar surface area (TPSA) is 17.1 Å². The van der Waals surface area contributed by atoms with Crippen LogP contribution in [0.3, 0.4) is 0 Å². The fourth-order valence-electron chi connectivity index (χ4n) is 2.58. The molecule has 1 fully saturated rings. The number of ketones is 1. The summed E-state index contributed by atoms with van der Waals surface area (Å²) in [5.41, 5.74) is 0.975. The second-order valence-corrected chi connectivity index (χ2v) is 6.16. The molecule has 0 aromatic heterocycles. The van der Waals surface area contributed by atoms with Gasteiger partial charge in [-0.2, -0.15) is 0 Å². The smallest absolute Gasteiger partial charge is 0.167 e. The van der Waals surface area contributed by atoms with Crippen molar-refractivity contribution in [3.63, 3.8) is 0 Å². The Balaban J connectivity index is 2.13. The Labute approximate surface area is 112 Å². The fourth-order valence-corrected chi connectivity index (χ4v) is 2.81. The van der Waals surface area contributed by atoms with E-state index < -0.39 is 0 Å². The van der Waals surface area contributed by atoms with Gasteiger partial charge in [-0.15, -0.1) is 0 Å². The van der Waals surface area contributed by atoms with E-state index in [4.69, 9.17) is 11.6 Å². The Hall–Kier alpha value is -1.34. The molecular weight excluding hydrogens is 244 g/mol. The normalized spacial score (nSPS) is 20.9. The Morgan fingerprint density at radius 2 is 1.78 bits per heavy atom. The number of benzene rings is 2. The minimum Gasteiger partial charge on any atom is -0.294 e. The lowest BCUT2D eigenvalue weighted by molar-refractivity contribution is 0.0955. The molecule has 18 heavy (non-hydrogen) atoms. The third-order valence-electron chi connectivity index (χ3n) is 3.97. The molecule has 1 unspecified atom stereocenters. The van der Waals surface area contributed by atoms with Gasteiger partial charge in [-0.25, -0.2) is 0 Å². The summed E-state index contributed by atoms with van der Waals surface area (Å²) in [7, 11) is 0. The van der Waals surface area contributed by atoms with Gasteiger partial charge in [0.25, 0.3) is 0 Å². The Kier molecular flexibility index (Phi) is 2.49. The first kappa shape index (κ1) is 11.7. The molecule has 0 spiro atoms. The van der Waals surface area contributed by atoms with Crippen molar-refractivity contribution in [2.75, 3.05) is 0 Å². The van der Waals surface area contributed by atoms with Crippen LogP contribution in [0.15, 0.2) is 36.4 Å². The van der Waals surface area contributed by atoms with Gasteiger partial charge in [-0.3, -0.25) is 4.79 Å². The van der Waals surface area contributed by atoms with Crippen LogP contribution in [0.2, 0.25) is 5.02 Å². The van der Waals surface area contributed by atoms with Gasteiger partial charge < -0.3 is 0 Å². The number of carbonyl (C=O) groups excluding carboxylic acids is 1. The molecule has 0 bridgehead atoms. The lowest BCUT2D eigenvalue weighted by atomic mass is 9.96. The van der Waals surface area contributed by atoms with Crippen molar-refractivity contribution in [3.05, 3.63) is 47.0 Å². The molecule has 0 aliphatic heterocycles. The van der Waals surface area contributed by atoms with E-state index in [1.165, 1.54) is 0 Å². The van der Waals surface area contributed by atoms with Crippen LogP contribution in [0.1, 0.15) is 30.6 Å². The third-order valence-corrected chi connectivity index (χ3v) is 4.30. The van der Waals surface area contributed by atoms with Gasteiger partial charge >= 0.3 is 0 Å². The summed E-state index contributed by atoms with van der Waals surface area (Å²) in [4.78, 5) is 12.5. The maximum atomic E-state index is 12.5. The van der Waals surface area contributed by atoms with Crippen LogP contribution < -0.4 is 0 Å². The highest BCUT2D eigenvalue weighted by Crippen LogP contribution is 2.53. The van der Waals surface area contributed by atoms with Crippen LogP contribution >= 0.6 is 11.6 Å². The van der Waals surface area contributed by atoms with Crippen molar-refractivity contribution in [3.8, 4) is 0 Å². The average molecular weight is 259 g/mol. The van der Waals surface area contributed by atoms with Crippen molar-refractivity contribution >= 4 is 28.2 Å². The Morgan fingerprint density at radius 3 is 2.39 bits per heavy atom. The molecule has 2 heteroatoms. The second kappa shape index (κ2) is 3.83. The van der Waals surface area contributed by atoms with Gasteiger partial charge in [-0.05, 0) is 29.4 Å². The standard InChI is InChI=1S/C16H15ClO/c1-16(2)9-13(16)15(18)12-7-8-14(17)11-6-4-3-5-10(11)12/h3-8,13H,9H2,1-2H3.